The molecular weight excluding hydrogens is 571 g/mol. The highest BCUT2D eigenvalue weighted by atomic mass is 19.1. The number of nitrogen functional groups attached to an aromatic ring is 1. The van der Waals surface area contributed by atoms with Crippen molar-refractivity contribution in [2.45, 2.75) is 37.9 Å². The van der Waals surface area contributed by atoms with Gasteiger partial charge in [-0.15, -0.1) is 0 Å². The smallest absolute Gasteiger partial charge is 0.245 e. The summed E-state index contributed by atoms with van der Waals surface area (Å²) in [4.78, 5) is 26.8. The molecule has 3 N–H and O–H groups in total. The van der Waals surface area contributed by atoms with E-state index in [2.05, 4.69) is 22.0 Å². The second kappa shape index (κ2) is 12.7. The van der Waals surface area contributed by atoms with Crippen LogP contribution < -0.4 is 11.1 Å². The van der Waals surface area contributed by atoms with Crippen molar-refractivity contribution < 1.29 is 9.18 Å². The summed E-state index contributed by atoms with van der Waals surface area (Å²) in [7, 11) is 1.97. The van der Waals surface area contributed by atoms with Gasteiger partial charge in [-0.05, 0) is 79.6 Å². The highest BCUT2D eigenvalue weighted by Crippen LogP contribution is 2.33. The Labute approximate surface area is 259 Å². The molecule has 7 rings (SSSR count). The molecule has 1 saturated heterocycles. The average Bonchev–Trinajstić information content (AvgIpc) is 3.80. The number of aromatic nitrogens is 6. The number of pyridine rings is 2. The molecule has 1 aromatic carbocycles. The van der Waals surface area contributed by atoms with Crippen LogP contribution in [0.1, 0.15) is 29.7 Å². The number of nitrogens with two attached hydrogens (primary N) is 1. The Balaban J connectivity index is 0.000000252. The molecule has 1 atom stereocenters. The standard InChI is InChI=1S/C24H17FN8.C9H16N2O/c25-16-10-14-3-4-18(12-15(14)11-16)33-23(19-2-1-8-28-22(19)27)29-20-5-6-21(30-24(20)33)32-9-7-17(13-26)31-32;1-3-9(12)11-6-4-8(10-2)5-7-11/h1-9,12,16H,10-11H2,(H2,27,28);3,8,10H,1,4-7H2,2H3. The van der Waals surface area contributed by atoms with Crippen LogP contribution in [-0.4, -0.2) is 72.5 Å². The monoisotopic (exact) mass is 604 g/mol. The summed E-state index contributed by atoms with van der Waals surface area (Å²) in [5, 5.41) is 16.6. The number of benzene rings is 1. The van der Waals surface area contributed by atoms with Crippen molar-refractivity contribution in [2.24, 2.45) is 0 Å². The molecule has 5 heterocycles. The van der Waals surface area contributed by atoms with Crippen LogP contribution in [0.25, 0.3) is 34.1 Å². The lowest BCUT2D eigenvalue weighted by atomic mass is 10.1. The molecule has 0 saturated carbocycles. The van der Waals surface area contributed by atoms with Gasteiger partial charge in [0.1, 0.15) is 23.6 Å². The largest absolute Gasteiger partial charge is 0.383 e. The quantitative estimate of drug-likeness (QED) is 0.287. The lowest BCUT2D eigenvalue weighted by Crippen LogP contribution is -2.43. The number of nitrogens with one attached hydrogen (secondary N) is 1. The molecule has 4 aromatic heterocycles. The maximum atomic E-state index is 14.0. The number of anilines is 1. The lowest BCUT2D eigenvalue weighted by Gasteiger charge is -2.30. The molecule has 0 radical (unpaired) electrons. The summed E-state index contributed by atoms with van der Waals surface area (Å²) in [6.45, 7) is 5.18. The number of nitrogens with zero attached hydrogens (tertiary/aromatic N) is 8. The Morgan fingerprint density at radius 1 is 1.13 bits per heavy atom. The number of piperidine rings is 1. The molecule has 0 spiro atoms. The summed E-state index contributed by atoms with van der Waals surface area (Å²) < 4.78 is 17.5. The number of imidazole rings is 1. The van der Waals surface area contributed by atoms with Gasteiger partial charge in [0.25, 0.3) is 0 Å². The number of amides is 1. The van der Waals surface area contributed by atoms with E-state index in [1.165, 1.54) is 6.08 Å². The van der Waals surface area contributed by atoms with Gasteiger partial charge in [-0.2, -0.15) is 10.4 Å². The van der Waals surface area contributed by atoms with E-state index >= 15 is 0 Å². The molecule has 1 aliphatic carbocycles. The molecule has 228 valence electrons. The Morgan fingerprint density at radius 2 is 1.93 bits per heavy atom. The number of halogens is 1. The highest BCUT2D eigenvalue weighted by molar-refractivity contribution is 5.87. The first kappa shape index (κ1) is 29.7. The number of carbonyl (C=O) groups excluding carboxylic acids is 1. The van der Waals surface area contributed by atoms with E-state index in [9.17, 15) is 9.18 Å². The molecule has 5 aromatic rings. The minimum absolute atomic E-state index is 0.0598. The van der Waals surface area contributed by atoms with Crippen molar-refractivity contribution in [2.75, 3.05) is 25.9 Å². The summed E-state index contributed by atoms with van der Waals surface area (Å²) in [5.41, 5.74) is 11.2. The molecule has 12 heteroatoms. The van der Waals surface area contributed by atoms with Crippen molar-refractivity contribution in [1.82, 2.24) is 39.5 Å². The predicted molar refractivity (Wildman–Crippen MR) is 170 cm³/mol. The van der Waals surface area contributed by atoms with Gasteiger partial charge in [-0.1, -0.05) is 12.6 Å². The van der Waals surface area contributed by atoms with Gasteiger partial charge in [-0.25, -0.2) is 24.0 Å². The van der Waals surface area contributed by atoms with Crippen molar-refractivity contribution in [1.29, 1.82) is 5.26 Å². The minimum Gasteiger partial charge on any atom is -0.383 e. The van der Waals surface area contributed by atoms with Crippen LogP contribution in [0.3, 0.4) is 0 Å². The SMILES string of the molecule is C=CC(=O)N1CCC(NC)CC1.N#Cc1ccn(-c2ccc3nc(-c4cccnc4N)n(-c4ccc5c(c4)CC(F)C5)c3n2)n1. The molecule has 1 amide bonds. The lowest BCUT2D eigenvalue weighted by molar-refractivity contribution is -0.127. The second-order valence-electron chi connectivity index (χ2n) is 11.0. The van der Waals surface area contributed by atoms with E-state index in [1.54, 1.807) is 35.3 Å². The maximum Gasteiger partial charge on any atom is 0.245 e. The summed E-state index contributed by atoms with van der Waals surface area (Å²) in [6.07, 6.45) is 6.77. The number of fused-ring (bicyclic) bond motifs is 2. The third-order valence-corrected chi connectivity index (χ3v) is 8.23. The fourth-order valence-electron chi connectivity index (χ4n) is 5.83. The topological polar surface area (TPSA) is 144 Å². The van der Waals surface area contributed by atoms with E-state index < -0.39 is 6.17 Å². The predicted octanol–water partition coefficient (Wildman–Crippen LogP) is 3.94. The molecule has 0 bridgehead atoms. The van der Waals surface area contributed by atoms with Gasteiger partial charge < -0.3 is 16.0 Å². The molecule has 2 aliphatic rings. The second-order valence-corrected chi connectivity index (χ2v) is 11.0. The number of carbonyl (C=O) groups is 1. The van der Waals surface area contributed by atoms with E-state index in [0.717, 1.165) is 42.7 Å². The maximum absolute atomic E-state index is 14.0. The fourth-order valence-corrected chi connectivity index (χ4v) is 5.83. The molecular formula is C33H33FN10O. The van der Waals surface area contributed by atoms with Crippen molar-refractivity contribution in [3.05, 3.63) is 90.4 Å². The molecule has 1 fully saturated rings. The van der Waals surface area contributed by atoms with Crippen LogP contribution in [0.4, 0.5) is 10.2 Å². The molecule has 45 heavy (non-hydrogen) atoms. The van der Waals surface area contributed by atoms with Gasteiger partial charge in [0.2, 0.25) is 5.91 Å². The van der Waals surface area contributed by atoms with E-state index in [0.29, 0.717) is 58.8 Å². The van der Waals surface area contributed by atoms with Gasteiger partial charge in [0.15, 0.2) is 23.0 Å². The summed E-state index contributed by atoms with van der Waals surface area (Å²) in [6, 6.07) is 17.4. The van der Waals surface area contributed by atoms with Crippen LogP contribution in [0.5, 0.6) is 0 Å². The van der Waals surface area contributed by atoms with Crippen LogP contribution in [0.15, 0.2) is 73.6 Å². The number of rotatable bonds is 5. The number of hydrogen-bond acceptors (Lipinski definition) is 8. The normalized spacial score (nSPS) is 16.1. The van der Waals surface area contributed by atoms with E-state index in [-0.39, 0.29) is 5.91 Å². The number of hydrogen-bond donors (Lipinski definition) is 2. The van der Waals surface area contributed by atoms with Gasteiger partial charge in [0, 0.05) is 50.1 Å². The van der Waals surface area contributed by atoms with Gasteiger partial charge in [-0.3, -0.25) is 9.36 Å². The number of likely N-dealkylation sites (tertiary alicyclic amines) is 1. The van der Waals surface area contributed by atoms with Crippen molar-refractivity contribution >= 4 is 22.9 Å². The zero-order chi connectivity index (χ0) is 31.5. The third kappa shape index (κ3) is 6.03. The highest BCUT2D eigenvalue weighted by Gasteiger charge is 2.24. The Morgan fingerprint density at radius 3 is 2.64 bits per heavy atom. The fraction of sp³-hybridized carbons (Fsp3) is 0.273. The zero-order valence-corrected chi connectivity index (χ0v) is 24.9. The van der Waals surface area contributed by atoms with Crippen LogP contribution >= 0.6 is 0 Å². The summed E-state index contributed by atoms with van der Waals surface area (Å²) in [5.74, 6) is 1.54. The first-order chi connectivity index (χ1) is 21.9. The van der Waals surface area contributed by atoms with Crippen LogP contribution in [0, 0.1) is 11.3 Å². The van der Waals surface area contributed by atoms with Crippen LogP contribution in [-0.2, 0) is 17.6 Å². The minimum atomic E-state index is -0.859. The third-order valence-electron chi connectivity index (χ3n) is 8.23. The molecule has 11 nitrogen and oxygen atoms in total. The summed E-state index contributed by atoms with van der Waals surface area (Å²) >= 11 is 0. The Bertz CT molecular complexity index is 1910. The first-order valence-electron chi connectivity index (χ1n) is 14.8. The van der Waals surface area contributed by atoms with E-state index in [4.69, 9.17) is 21.0 Å². The molecule has 1 aliphatic heterocycles. The van der Waals surface area contributed by atoms with Crippen molar-refractivity contribution in [3.8, 4) is 29.0 Å². The Hall–Kier alpha value is -5.41. The first-order valence-corrected chi connectivity index (χ1v) is 14.8. The van der Waals surface area contributed by atoms with Crippen molar-refractivity contribution in [3.63, 3.8) is 0 Å². The number of alkyl halides is 1. The number of nitriles is 1. The average molecular weight is 605 g/mol. The van der Waals surface area contributed by atoms with E-state index in [1.807, 2.05) is 52.9 Å². The van der Waals surface area contributed by atoms with Crippen LogP contribution in [0.2, 0.25) is 0 Å². The Kier molecular flexibility index (Phi) is 8.35. The van der Waals surface area contributed by atoms with Gasteiger partial charge in [0.05, 0.1) is 5.56 Å². The zero-order valence-electron chi connectivity index (χ0n) is 24.9. The molecule has 1 unspecified atom stereocenters. The van der Waals surface area contributed by atoms with Gasteiger partial charge >= 0.3 is 0 Å².